The lowest BCUT2D eigenvalue weighted by atomic mass is 9.97. The lowest BCUT2D eigenvalue weighted by molar-refractivity contribution is -0.131. The topological polar surface area (TPSA) is 63.6 Å². The Labute approximate surface area is 107 Å². The van der Waals surface area contributed by atoms with Gasteiger partial charge in [-0.05, 0) is 32.3 Å². The molecule has 0 radical (unpaired) electrons. The molecule has 0 aliphatic rings. The third-order valence-electron chi connectivity index (χ3n) is 2.98. The van der Waals surface area contributed by atoms with Crippen LogP contribution in [-0.4, -0.2) is 29.6 Å². The summed E-state index contributed by atoms with van der Waals surface area (Å²) in [5.74, 6) is -2.30. The van der Waals surface area contributed by atoms with Gasteiger partial charge in [-0.1, -0.05) is 24.3 Å². The Morgan fingerprint density at radius 3 is 2.22 bits per heavy atom. The number of carboxylic acid groups (broad SMARTS) is 1. The molecular formula is C14H18O4. The van der Waals surface area contributed by atoms with E-state index in [0.29, 0.717) is 0 Å². The number of benzene rings is 1. The van der Waals surface area contributed by atoms with E-state index in [9.17, 15) is 9.59 Å². The number of methoxy groups -OCH3 is 1. The Balaban J connectivity index is 2.67. The van der Waals surface area contributed by atoms with Gasteiger partial charge >= 0.3 is 5.97 Å². The molecule has 4 heteroatoms. The highest BCUT2D eigenvalue weighted by Gasteiger charge is 2.17. The van der Waals surface area contributed by atoms with Crippen molar-refractivity contribution >= 4 is 11.8 Å². The van der Waals surface area contributed by atoms with E-state index in [0.717, 1.165) is 18.4 Å². The Hall–Kier alpha value is -1.68. The van der Waals surface area contributed by atoms with E-state index in [1.165, 1.54) is 0 Å². The molecule has 0 fully saturated rings. The van der Waals surface area contributed by atoms with Crippen molar-refractivity contribution in [3.63, 3.8) is 0 Å². The van der Waals surface area contributed by atoms with Crippen molar-refractivity contribution in [1.29, 1.82) is 0 Å². The fourth-order valence-electron chi connectivity index (χ4n) is 1.49. The number of Topliss-reactive ketones (excluding diaryl/α,β-unsaturated/α-hetero) is 1. The molecule has 18 heavy (non-hydrogen) atoms. The average molecular weight is 250 g/mol. The number of hydrogen-bond donors (Lipinski definition) is 1. The number of rotatable bonds is 6. The molecule has 0 aliphatic carbocycles. The van der Waals surface area contributed by atoms with Crippen molar-refractivity contribution in [2.45, 2.75) is 32.3 Å². The zero-order valence-electron chi connectivity index (χ0n) is 10.9. The summed E-state index contributed by atoms with van der Waals surface area (Å²) in [5.41, 5.74) is 1.08. The third kappa shape index (κ3) is 3.96. The normalized spacial score (nSPS) is 11.3. The van der Waals surface area contributed by atoms with Gasteiger partial charge in [0.2, 0.25) is 0 Å². The lowest BCUT2D eigenvalue weighted by Crippen LogP contribution is -2.23. The van der Waals surface area contributed by atoms with Crippen LogP contribution in [0, 0.1) is 0 Å². The van der Waals surface area contributed by atoms with Gasteiger partial charge in [-0.25, -0.2) is 4.79 Å². The molecule has 0 heterocycles. The van der Waals surface area contributed by atoms with Gasteiger partial charge in [0.15, 0.2) is 0 Å². The van der Waals surface area contributed by atoms with Gasteiger partial charge in [-0.3, -0.25) is 4.79 Å². The molecule has 0 amide bonds. The van der Waals surface area contributed by atoms with Gasteiger partial charge in [0.1, 0.15) is 0 Å². The van der Waals surface area contributed by atoms with E-state index in [4.69, 9.17) is 9.84 Å². The second-order valence-corrected chi connectivity index (χ2v) is 4.80. The number of carbonyl (C=O) groups excluding carboxylic acids is 1. The molecule has 98 valence electrons. The maximum Gasteiger partial charge on any atom is 0.377 e. The number of ketones is 1. The highest BCUT2D eigenvalue weighted by Crippen LogP contribution is 2.17. The van der Waals surface area contributed by atoms with Crippen molar-refractivity contribution in [2.75, 3.05) is 7.11 Å². The smallest absolute Gasteiger partial charge is 0.377 e. The Morgan fingerprint density at radius 1 is 1.22 bits per heavy atom. The summed E-state index contributed by atoms with van der Waals surface area (Å²) < 4.78 is 5.32. The van der Waals surface area contributed by atoms with Crippen molar-refractivity contribution in [3.8, 4) is 0 Å². The van der Waals surface area contributed by atoms with E-state index in [-0.39, 0.29) is 11.2 Å². The van der Waals surface area contributed by atoms with Crippen LogP contribution in [0.1, 0.15) is 36.2 Å². The van der Waals surface area contributed by atoms with E-state index in [1.807, 2.05) is 13.8 Å². The monoisotopic (exact) mass is 250 g/mol. The van der Waals surface area contributed by atoms with Crippen LogP contribution < -0.4 is 0 Å². The number of aryl methyl sites for hydroxylation is 1. The van der Waals surface area contributed by atoms with Gasteiger partial charge in [0, 0.05) is 12.7 Å². The van der Waals surface area contributed by atoms with E-state index >= 15 is 0 Å². The van der Waals surface area contributed by atoms with Crippen LogP contribution in [0.4, 0.5) is 0 Å². The van der Waals surface area contributed by atoms with Crippen LogP contribution in [0.25, 0.3) is 0 Å². The number of aliphatic carboxylic acids is 1. The molecule has 4 nitrogen and oxygen atoms in total. The molecule has 0 spiro atoms. The quantitative estimate of drug-likeness (QED) is 0.621. The average Bonchev–Trinajstić information content (AvgIpc) is 2.36. The second-order valence-electron chi connectivity index (χ2n) is 4.80. The number of carbonyl (C=O) groups is 2. The summed E-state index contributed by atoms with van der Waals surface area (Å²) >= 11 is 0. The molecule has 0 unspecified atom stereocenters. The second kappa shape index (κ2) is 5.78. The molecule has 0 saturated heterocycles. The Kier molecular flexibility index (Phi) is 4.62. The first kappa shape index (κ1) is 14.4. The molecule has 0 aliphatic heterocycles. The minimum Gasteiger partial charge on any atom is -0.475 e. The van der Waals surface area contributed by atoms with Crippen molar-refractivity contribution in [3.05, 3.63) is 35.4 Å². The van der Waals surface area contributed by atoms with Crippen molar-refractivity contribution in [2.24, 2.45) is 0 Å². The highest BCUT2D eigenvalue weighted by molar-refractivity contribution is 6.39. The molecule has 0 atom stereocenters. The lowest BCUT2D eigenvalue weighted by Gasteiger charge is -2.22. The predicted molar refractivity (Wildman–Crippen MR) is 67.8 cm³/mol. The van der Waals surface area contributed by atoms with Crippen LogP contribution in [0.5, 0.6) is 0 Å². The van der Waals surface area contributed by atoms with Gasteiger partial charge in [0.25, 0.3) is 5.78 Å². The van der Waals surface area contributed by atoms with E-state index in [2.05, 4.69) is 0 Å². The fourth-order valence-corrected chi connectivity index (χ4v) is 1.49. The largest absolute Gasteiger partial charge is 0.475 e. The molecule has 0 aromatic heterocycles. The molecule has 1 N–H and O–H groups in total. The molecule has 1 aromatic rings. The summed E-state index contributed by atoms with van der Waals surface area (Å²) in [6.07, 6.45) is 1.68. The first-order valence-electron chi connectivity index (χ1n) is 5.77. The van der Waals surface area contributed by atoms with Crippen LogP contribution in [-0.2, 0) is 16.0 Å². The minimum atomic E-state index is -1.43. The van der Waals surface area contributed by atoms with Gasteiger partial charge in [0.05, 0.1) is 5.60 Å². The fraction of sp³-hybridized carbons (Fsp3) is 0.429. The summed E-state index contributed by atoms with van der Waals surface area (Å²) in [5, 5.41) is 8.58. The van der Waals surface area contributed by atoms with Crippen LogP contribution in [0.15, 0.2) is 24.3 Å². The third-order valence-corrected chi connectivity index (χ3v) is 2.98. The molecule has 0 saturated carbocycles. The summed E-state index contributed by atoms with van der Waals surface area (Å²) in [6.45, 7) is 4.02. The molecule has 1 aromatic carbocycles. The summed E-state index contributed by atoms with van der Waals surface area (Å²) in [7, 11) is 1.68. The first-order valence-corrected chi connectivity index (χ1v) is 5.77. The molecular weight excluding hydrogens is 232 g/mol. The summed E-state index contributed by atoms with van der Waals surface area (Å²) in [6, 6.07) is 6.65. The maximum absolute atomic E-state index is 11.2. The minimum absolute atomic E-state index is 0.185. The van der Waals surface area contributed by atoms with E-state index < -0.39 is 11.8 Å². The van der Waals surface area contributed by atoms with Gasteiger partial charge in [-0.15, -0.1) is 0 Å². The Morgan fingerprint density at radius 2 is 1.78 bits per heavy atom. The number of carboxylic acids is 1. The number of hydrogen-bond acceptors (Lipinski definition) is 3. The Bertz CT molecular complexity index is 432. The predicted octanol–water partition coefficient (Wildman–Crippen LogP) is 2.31. The van der Waals surface area contributed by atoms with Crippen LogP contribution >= 0.6 is 0 Å². The SMILES string of the molecule is COC(C)(C)CCc1ccc(C(=O)C(=O)O)cc1. The van der Waals surface area contributed by atoms with Crippen molar-refractivity contribution < 1.29 is 19.4 Å². The van der Waals surface area contributed by atoms with Gasteiger partial charge < -0.3 is 9.84 Å². The van der Waals surface area contributed by atoms with Gasteiger partial charge in [-0.2, -0.15) is 0 Å². The highest BCUT2D eigenvalue weighted by atomic mass is 16.5. The van der Waals surface area contributed by atoms with Crippen LogP contribution in [0.3, 0.4) is 0 Å². The number of ether oxygens (including phenoxy) is 1. The molecule has 1 rings (SSSR count). The zero-order valence-corrected chi connectivity index (χ0v) is 10.9. The van der Waals surface area contributed by atoms with Crippen molar-refractivity contribution in [1.82, 2.24) is 0 Å². The maximum atomic E-state index is 11.2. The van der Waals surface area contributed by atoms with Crippen LogP contribution in [0.2, 0.25) is 0 Å². The standard InChI is InChI=1S/C14H18O4/c1-14(2,18-3)9-8-10-4-6-11(7-5-10)12(15)13(16)17/h4-7H,8-9H2,1-3H3,(H,16,17). The first-order chi connectivity index (χ1) is 8.35. The van der Waals surface area contributed by atoms with E-state index in [1.54, 1.807) is 31.4 Å². The molecule has 0 bridgehead atoms. The summed E-state index contributed by atoms with van der Waals surface area (Å²) in [4.78, 5) is 21.7. The zero-order chi connectivity index (χ0) is 13.8.